The predicted molar refractivity (Wildman–Crippen MR) is 283 cm³/mol. The molecule has 0 saturated carbocycles. The quantitative estimate of drug-likeness (QED) is 0.0710. The van der Waals surface area contributed by atoms with Gasteiger partial charge < -0.3 is 49.7 Å². The minimum Gasteiger partial charge on any atom is -0.391 e. The van der Waals surface area contributed by atoms with E-state index in [0.29, 0.717) is 48.6 Å². The number of pyridine rings is 1. The summed E-state index contributed by atoms with van der Waals surface area (Å²) < 4.78 is 18.2. The molecule has 0 spiro atoms. The molecule has 7 heterocycles. The van der Waals surface area contributed by atoms with E-state index in [9.17, 15) is 33.8 Å². The highest BCUT2D eigenvalue weighted by Crippen LogP contribution is 2.46. The first-order valence-electron chi connectivity index (χ1n) is 25.4. The molecule has 20 heteroatoms. The number of aromatic nitrogens is 3. The van der Waals surface area contributed by atoms with Crippen LogP contribution in [0.25, 0.3) is 0 Å². The van der Waals surface area contributed by atoms with Crippen LogP contribution in [0.1, 0.15) is 105 Å². The van der Waals surface area contributed by atoms with E-state index in [2.05, 4.69) is 57.6 Å². The van der Waals surface area contributed by atoms with E-state index in [1.165, 1.54) is 26.6 Å². The van der Waals surface area contributed by atoms with Crippen molar-refractivity contribution in [3.8, 4) is 0 Å². The van der Waals surface area contributed by atoms with Crippen molar-refractivity contribution in [1.29, 1.82) is 0 Å². The first-order chi connectivity index (χ1) is 34.1. The molecule has 3 saturated heterocycles. The Morgan fingerprint density at radius 3 is 2.46 bits per heavy atom. The van der Waals surface area contributed by atoms with Crippen LogP contribution in [0.3, 0.4) is 0 Å². The second-order valence-corrected chi connectivity index (χ2v) is 23.9. The number of carbonyl (C=O) groups is 2. The average molecular weight is 1030 g/mol. The zero-order chi connectivity index (χ0) is 51.4. The molecule has 3 fully saturated rings. The van der Waals surface area contributed by atoms with E-state index in [1.54, 1.807) is 51.4 Å². The molecule has 4 aliphatic heterocycles. The van der Waals surface area contributed by atoms with Gasteiger partial charge in [-0.05, 0) is 132 Å². The number of aryl methyl sites for hydroxylation is 1. The summed E-state index contributed by atoms with van der Waals surface area (Å²) in [5.41, 5.74) is 3.62. The Morgan fingerprint density at radius 2 is 1.75 bits per heavy atom. The number of anilines is 6. The van der Waals surface area contributed by atoms with Crippen molar-refractivity contribution < 1.29 is 33.6 Å². The number of aliphatic hydroxyl groups excluding tert-OH is 1. The summed E-state index contributed by atoms with van der Waals surface area (Å²) in [6.45, 7) is 20.5. The highest BCUT2D eigenvalue weighted by atomic mass is 32.1. The largest absolute Gasteiger partial charge is 0.470 e. The summed E-state index contributed by atoms with van der Waals surface area (Å²) >= 11 is 1.67. The Balaban J connectivity index is 0.885. The molecular formula is C52H71N10O8PS. The molecule has 5 N–H and O–H groups in total. The number of nitrogens with one attached hydrogen (secondary N) is 2. The van der Waals surface area contributed by atoms with E-state index in [0.717, 1.165) is 93.9 Å². The third-order valence-electron chi connectivity index (χ3n) is 15.5. The van der Waals surface area contributed by atoms with Crippen LogP contribution in [0.5, 0.6) is 0 Å². The van der Waals surface area contributed by atoms with E-state index in [1.807, 2.05) is 35.2 Å². The van der Waals surface area contributed by atoms with Crippen LogP contribution in [-0.4, -0.2) is 127 Å². The maximum absolute atomic E-state index is 14.4. The van der Waals surface area contributed by atoms with Gasteiger partial charge in [-0.1, -0.05) is 26.5 Å². The van der Waals surface area contributed by atoms with E-state index in [-0.39, 0.29) is 40.7 Å². The molecule has 1 aliphatic carbocycles. The van der Waals surface area contributed by atoms with Gasteiger partial charge in [0.25, 0.3) is 11.5 Å². The highest BCUT2D eigenvalue weighted by molar-refractivity contribution is 7.46. The molecule has 2 amide bonds. The standard InChI is InChI=1S/C52H71N10O8PS/c1-9-45(64)54-38-28-34(15-16-39(38)60-27-26-59(30-32(60)2)35-18-23-58(24-19-35)43-14-10-13-42(55-43)52(6,7)70-71(67,68)69)53-48-50(66)57(8)31-44(56-48)62-22-11-12-40(46(62)33(3)63)61-25-20-37-36-17-21-51(4,5)29-41(36)72-47(37)49(61)65/h9-10,13-16,28,31-33,35,40,46,63H,1,11-12,17-27,29-30H2,2-8H3,(H,53,56)(H,54,64)(H2,67,68,69)/t32-,33?,40?,46?/m0/s1. The Morgan fingerprint density at radius 1 is 0.986 bits per heavy atom. The fourth-order valence-corrected chi connectivity index (χ4v) is 14.2. The number of amides is 2. The lowest BCUT2D eigenvalue weighted by atomic mass is 9.76. The zero-order valence-corrected chi connectivity index (χ0v) is 44.3. The van der Waals surface area contributed by atoms with Gasteiger partial charge in [-0.3, -0.25) is 23.8 Å². The predicted octanol–water partition coefficient (Wildman–Crippen LogP) is 6.56. The van der Waals surface area contributed by atoms with E-state index in [4.69, 9.17) is 14.5 Å². The van der Waals surface area contributed by atoms with Crippen LogP contribution in [0.15, 0.2) is 60.0 Å². The van der Waals surface area contributed by atoms with Gasteiger partial charge in [0.2, 0.25) is 5.91 Å². The van der Waals surface area contributed by atoms with E-state index >= 15 is 0 Å². The summed E-state index contributed by atoms with van der Waals surface area (Å²) in [4.78, 5) is 83.0. The fourth-order valence-electron chi connectivity index (χ4n) is 11.9. The molecule has 4 atom stereocenters. The molecule has 5 aliphatic rings. The molecule has 4 aromatic rings. The van der Waals surface area contributed by atoms with Crippen LogP contribution < -0.4 is 30.9 Å². The van der Waals surface area contributed by atoms with Crippen molar-refractivity contribution >= 4 is 65.5 Å². The third-order valence-corrected chi connectivity index (χ3v) is 17.5. The number of hydrogen-bond acceptors (Lipinski definition) is 14. The van der Waals surface area contributed by atoms with Crippen LogP contribution in [-0.2, 0) is 45.8 Å². The molecule has 18 nitrogen and oxygen atoms in total. The maximum atomic E-state index is 14.4. The van der Waals surface area contributed by atoms with Crippen molar-refractivity contribution in [2.75, 3.05) is 71.1 Å². The number of phosphoric acid groups is 1. The molecule has 388 valence electrons. The number of piperidine rings is 2. The van der Waals surface area contributed by atoms with Gasteiger partial charge in [0.15, 0.2) is 5.82 Å². The monoisotopic (exact) mass is 1030 g/mol. The summed E-state index contributed by atoms with van der Waals surface area (Å²) in [6, 6.07) is 10.9. The van der Waals surface area contributed by atoms with Gasteiger partial charge >= 0.3 is 7.82 Å². The second kappa shape index (κ2) is 20.3. The molecule has 0 radical (unpaired) electrons. The zero-order valence-electron chi connectivity index (χ0n) is 42.6. The number of thiophene rings is 1. The molecule has 72 heavy (non-hydrogen) atoms. The van der Waals surface area contributed by atoms with Gasteiger partial charge in [0, 0.05) is 81.7 Å². The normalized spacial score (nSPS) is 22.6. The van der Waals surface area contributed by atoms with Crippen LogP contribution >= 0.6 is 19.2 Å². The Bertz CT molecular complexity index is 2820. The lowest BCUT2D eigenvalue weighted by Gasteiger charge is -2.48. The van der Waals surface area contributed by atoms with Crippen molar-refractivity contribution in [3.63, 3.8) is 0 Å². The Hall–Kier alpha value is -5.14. The number of hydrogen-bond donors (Lipinski definition) is 5. The van der Waals surface area contributed by atoms with Crippen LogP contribution in [0, 0.1) is 5.41 Å². The van der Waals surface area contributed by atoms with Gasteiger partial charge in [-0.2, -0.15) is 0 Å². The molecular weight excluding hydrogens is 956 g/mol. The maximum Gasteiger partial charge on any atom is 0.470 e. The second-order valence-electron chi connectivity index (χ2n) is 21.7. The first kappa shape index (κ1) is 51.7. The topological polar surface area (TPSA) is 209 Å². The molecule has 3 unspecified atom stereocenters. The molecule has 9 rings (SSSR count). The van der Waals surface area contributed by atoms with Crippen LogP contribution in [0.2, 0.25) is 0 Å². The lowest BCUT2D eigenvalue weighted by Crippen LogP contribution is -2.62. The Kier molecular flexibility index (Phi) is 14.6. The number of aliphatic hydroxyl groups is 1. The number of rotatable bonds is 13. The van der Waals surface area contributed by atoms with Gasteiger partial charge in [0.05, 0.1) is 40.1 Å². The minimum atomic E-state index is -4.72. The number of nitrogens with zero attached hydrogens (tertiary/aromatic N) is 8. The van der Waals surface area contributed by atoms with Gasteiger partial charge in [-0.25, -0.2) is 14.5 Å². The minimum absolute atomic E-state index is 0.0536. The summed E-state index contributed by atoms with van der Waals surface area (Å²) in [5, 5.41) is 17.8. The number of benzene rings is 1. The highest BCUT2D eigenvalue weighted by Gasteiger charge is 2.44. The summed E-state index contributed by atoms with van der Waals surface area (Å²) in [5.74, 6) is 1.04. The van der Waals surface area contributed by atoms with Crippen molar-refractivity contribution in [2.24, 2.45) is 12.5 Å². The van der Waals surface area contributed by atoms with Gasteiger partial charge in [-0.15, -0.1) is 11.3 Å². The van der Waals surface area contributed by atoms with Crippen molar-refractivity contribution in [1.82, 2.24) is 24.3 Å². The number of piperazine rings is 1. The molecule has 0 bridgehead atoms. The SMILES string of the molecule is C=CC(=O)Nc1cc(Nc2nc(N3CCCC(N4CCc5c(sc6c5CCC(C)(C)C6)C4=O)C3C(C)O)cn(C)c2=O)ccc1N1CCN(C2CCN(c3cccc(C(C)(C)OP(=O)(O)O)n3)CC2)C[C@@H]1C. The van der Waals surface area contributed by atoms with E-state index < -0.39 is 25.6 Å². The first-order valence-corrected chi connectivity index (χ1v) is 27.7. The summed E-state index contributed by atoms with van der Waals surface area (Å²) in [7, 11) is -3.04. The van der Waals surface area contributed by atoms with Crippen molar-refractivity contribution in [2.45, 2.75) is 129 Å². The number of fused-ring (bicyclic) bond motifs is 3. The number of carbonyl (C=O) groups excluding carboxylic acids is 2. The van der Waals surface area contributed by atoms with Gasteiger partial charge in [0.1, 0.15) is 17.2 Å². The molecule has 3 aromatic heterocycles. The lowest BCUT2D eigenvalue weighted by molar-refractivity contribution is -0.111. The average Bonchev–Trinajstić information content (AvgIpc) is 3.69. The van der Waals surface area contributed by atoms with Crippen molar-refractivity contribution in [3.05, 3.63) is 92.2 Å². The molecule has 1 aromatic carbocycles. The summed E-state index contributed by atoms with van der Waals surface area (Å²) in [6.07, 6.45) is 9.45. The third kappa shape index (κ3) is 10.8. The number of phosphoric ester groups is 1. The fraction of sp³-hybridized carbons (Fsp3) is 0.558. The van der Waals surface area contributed by atoms with Crippen LogP contribution in [0.4, 0.5) is 34.5 Å². The Labute approximate surface area is 426 Å². The smallest absolute Gasteiger partial charge is 0.391 e.